The van der Waals surface area contributed by atoms with Crippen LogP contribution < -0.4 is 0 Å². The molecule has 0 unspecified atom stereocenters. The summed E-state index contributed by atoms with van der Waals surface area (Å²) in [6.45, 7) is 0. The van der Waals surface area contributed by atoms with E-state index in [2.05, 4.69) is 20.2 Å². The van der Waals surface area contributed by atoms with Gasteiger partial charge in [0.05, 0.1) is 11.8 Å². The number of thioether (sulfide) groups is 1. The molecule has 1 N–H and O–H groups in total. The van der Waals surface area contributed by atoms with Crippen LogP contribution in [0, 0.1) is 0 Å². The van der Waals surface area contributed by atoms with Gasteiger partial charge in [-0.3, -0.25) is 4.98 Å². The van der Waals surface area contributed by atoms with Gasteiger partial charge in [-0.15, -0.1) is 10.2 Å². The monoisotopic (exact) mass is 324 g/mol. The second kappa shape index (κ2) is 6.12. The summed E-state index contributed by atoms with van der Waals surface area (Å²) in [5.41, 5.74) is 0.591. The van der Waals surface area contributed by atoms with Crippen molar-refractivity contribution in [1.82, 2.24) is 20.2 Å². The van der Waals surface area contributed by atoms with E-state index in [0.29, 0.717) is 16.6 Å². The number of pyridine rings is 1. The normalized spacial score (nSPS) is 15.3. The first-order valence-corrected chi connectivity index (χ1v) is 8.61. The smallest absolute Gasteiger partial charge is 0.185 e. The Labute approximate surface area is 138 Å². The lowest BCUT2D eigenvalue weighted by Crippen LogP contribution is -1.98. The Bertz CT molecular complexity index is 832. The van der Waals surface area contributed by atoms with Crippen molar-refractivity contribution in [2.75, 3.05) is 0 Å². The van der Waals surface area contributed by atoms with E-state index in [1.807, 2.05) is 12.1 Å². The molecule has 0 bridgehead atoms. The lowest BCUT2D eigenvalue weighted by atomic mass is 10.1. The molecule has 0 saturated heterocycles. The molecule has 1 aliphatic carbocycles. The highest BCUT2D eigenvalue weighted by molar-refractivity contribution is 7.99. The highest BCUT2D eigenvalue weighted by atomic mass is 32.2. The molecule has 1 fully saturated rings. The fraction of sp³-hybridized carbons (Fsp3) is 0.294. The maximum Gasteiger partial charge on any atom is 0.185 e. The number of phenolic OH excluding ortho intramolecular Hbond substituents is 1. The molecule has 1 aromatic carbocycles. The molecule has 3 aromatic rings. The Morgan fingerprint density at radius 1 is 1.04 bits per heavy atom. The predicted octanol–water partition coefficient (Wildman–Crippen LogP) is 3.83. The van der Waals surface area contributed by atoms with Crippen molar-refractivity contribution < 1.29 is 5.11 Å². The van der Waals surface area contributed by atoms with Crippen LogP contribution in [0.15, 0.2) is 41.8 Å². The van der Waals surface area contributed by atoms with Gasteiger partial charge in [-0.2, -0.15) is 0 Å². The molecule has 0 aliphatic heterocycles. The average Bonchev–Trinajstić information content (AvgIpc) is 3.08. The van der Waals surface area contributed by atoms with Crippen molar-refractivity contribution in [2.24, 2.45) is 0 Å². The molecular formula is C17H16N4OS. The van der Waals surface area contributed by atoms with Crippen LogP contribution in [0.2, 0.25) is 0 Å². The van der Waals surface area contributed by atoms with Crippen molar-refractivity contribution in [3.05, 3.63) is 36.8 Å². The molecule has 5 nitrogen and oxygen atoms in total. The molecule has 116 valence electrons. The summed E-state index contributed by atoms with van der Waals surface area (Å²) in [5.74, 6) is 0.584. The van der Waals surface area contributed by atoms with Crippen LogP contribution in [0.4, 0.5) is 0 Å². The second-order valence-electron chi connectivity index (χ2n) is 5.74. The van der Waals surface area contributed by atoms with E-state index in [-0.39, 0.29) is 5.75 Å². The number of nitrogens with zero attached hydrogens (tertiary/aromatic N) is 4. The predicted molar refractivity (Wildman–Crippen MR) is 90.3 cm³/mol. The number of aromatic hydroxyl groups is 1. The minimum Gasteiger partial charge on any atom is -0.507 e. The molecule has 2 aromatic heterocycles. The zero-order chi connectivity index (χ0) is 15.6. The third kappa shape index (κ3) is 2.99. The van der Waals surface area contributed by atoms with Crippen LogP contribution in [0.25, 0.3) is 22.2 Å². The van der Waals surface area contributed by atoms with Crippen LogP contribution in [0.3, 0.4) is 0 Å². The van der Waals surface area contributed by atoms with E-state index in [1.54, 1.807) is 36.4 Å². The topological polar surface area (TPSA) is 71.8 Å². The van der Waals surface area contributed by atoms with Crippen LogP contribution in [-0.4, -0.2) is 30.5 Å². The molecule has 2 heterocycles. The van der Waals surface area contributed by atoms with Crippen molar-refractivity contribution in [3.8, 4) is 17.1 Å². The number of fused-ring (bicyclic) bond motifs is 1. The third-order valence-electron chi connectivity index (χ3n) is 4.13. The summed E-state index contributed by atoms with van der Waals surface area (Å²) in [6.07, 6.45) is 10.3. The van der Waals surface area contributed by atoms with Crippen LogP contribution in [-0.2, 0) is 0 Å². The van der Waals surface area contributed by atoms with Gasteiger partial charge in [-0.05, 0) is 36.4 Å². The average molecular weight is 324 g/mol. The van der Waals surface area contributed by atoms with Crippen molar-refractivity contribution in [1.29, 1.82) is 0 Å². The van der Waals surface area contributed by atoms with E-state index >= 15 is 0 Å². The molecule has 1 aliphatic rings. The van der Waals surface area contributed by atoms with E-state index in [1.165, 1.54) is 25.7 Å². The number of benzene rings is 1. The molecule has 0 amide bonds. The second-order valence-corrected chi connectivity index (χ2v) is 7.06. The van der Waals surface area contributed by atoms with E-state index in [9.17, 15) is 5.11 Å². The summed E-state index contributed by atoms with van der Waals surface area (Å²) in [4.78, 5) is 8.45. The Hall–Kier alpha value is -2.21. The first-order chi connectivity index (χ1) is 11.3. The zero-order valence-corrected chi connectivity index (χ0v) is 13.3. The summed E-state index contributed by atoms with van der Waals surface area (Å²) in [7, 11) is 0. The maximum absolute atomic E-state index is 10.2. The van der Waals surface area contributed by atoms with E-state index in [4.69, 9.17) is 0 Å². The van der Waals surface area contributed by atoms with Gasteiger partial charge < -0.3 is 5.11 Å². The summed E-state index contributed by atoms with van der Waals surface area (Å²) in [6, 6.07) is 5.45. The SMILES string of the molecule is Oc1cc2cnccc2cc1-c1ncc(SC2CCCC2)nn1. The minimum atomic E-state index is 0.142. The van der Waals surface area contributed by atoms with E-state index in [0.717, 1.165) is 15.8 Å². The molecule has 6 heteroatoms. The Morgan fingerprint density at radius 2 is 1.91 bits per heavy atom. The molecule has 0 spiro atoms. The lowest BCUT2D eigenvalue weighted by molar-refractivity contribution is 0.477. The fourth-order valence-corrected chi connectivity index (χ4v) is 4.03. The van der Waals surface area contributed by atoms with Gasteiger partial charge in [-0.25, -0.2) is 4.98 Å². The molecule has 0 atom stereocenters. The Balaban J connectivity index is 1.63. The fourth-order valence-electron chi connectivity index (χ4n) is 2.92. The van der Waals surface area contributed by atoms with E-state index < -0.39 is 0 Å². The summed E-state index contributed by atoms with van der Waals surface area (Å²) in [5, 5.41) is 22.0. The maximum atomic E-state index is 10.2. The van der Waals surface area contributed by atoms with Crippen LogP contribution >= 0.6 is 11.8 Å². The van der Waals surface area contributed by atoms with Gasteiger partial charge >= 0.3 is 0 Å². The largest absolute Gasteiger partial charge is 0.507 e. The molecule has 0 radical (unpaired) electrons. The van der Waals surface area contributed by atoms with Crippen LogP contribution in [0.1, 0.15) is 25.7 Å². The quantitative estimate of drug-likeness (QED) is 0.789. The lowest BCUT2D eigenvalue weighted by Gasteiger charge is -2.08. The van der Waals surface area contributed by atoms with Crippen molar-refractivity contribution in [3.63, 3.8) is 0 Å². The number of rotatable bonds is 3. The first kappa shape index (κ1) is 14.4. The van der Waals surface area contributed by atoms with Gasteiger partial charge in [-0.1, -0.05) is 24.6 Å². The summed E-state index contributed by atoms with van der Waals surface area (Å²) >= 11 is 1.75. The molecule has 1 saturated carbocycles. The van der Waals surface area contributed by atoms with Gasteiger partial charge in [0.1, 0.15) is 10.8 Å². The van der Waals surface area contributed by atoms with Gasteiger partial charge in [0, 0.05) is 23.0 Å². The van der Waals surface area contributed by atoms with Gasteiger partial charge in [0.2, 0.25) is 0 Å². The number of hydrogen-bond donors (Lipinski definition) is 1. The van der Waals surface area contributed by atoms with Crippen LogP contribution in [0.5, 0.6) is 5.75 Å². The Morgan fingerprint density at radius 3 is 2.70 bits per heavy atom. The highest BCUT2D eigenvalue weighted by Gasteiger charge is 2.17. The molecular weight excluding hydrogens is 308 g/mol. The van der Waals surface area contributed by atoms with Crippen molar-refractivity contribution >= 4 is 22.5 Å². The Kier molecular flexibility index (Phi) is 3.83. The molecule has 23 heavy (non-hydrogen) atoms. The minimum absolute atomic E-state index is 0.142. The number of phenols is 1. The van der Waals surface area contributed by atoms with Gasteiger partial charge in [0.15, 0.2) is 5.82 Å². The first-order valence-electron chi connectivity index (χ1n) is 7.73. The van der Waals surface area contributed by atoms with Gasteiger partial charge in [0.25, 0.3) is 0 Å². The number of aromatic nitrogens is 4. The third-order valence-corrected chi connectivity index (χ3v) is 5.36. The zero-order valence-electron chi connectivity index (χ0n) is 12.5. The molecule has 4 rings (SSSR count). The van der Waals surface area contributed by atoms with Crippen molar-refractivity contribution in [2.45, 2.75) is 36.0 Å². The standard InChI is InChI=1S/C17H16N4OS/c22-15-8-12-9-18-6-5-11(12)7-14(15)17-19-10-16(20-21-17)23-13-3-1-2-4-13/h5-10,13,22H,1-4H2. The highest BCUT2D eigenvalue weighted by Crippen LogP contribution is 2.34. The summed E-state index contributed by atoms with van der Waals surface area (Å²) < 4.78 is 0. The number of hydrogen-bond acceptors (Lipinski definition) is 6.